The topological polar surface area (TPSA) is 64.4 Å². The van der Waals surface area contributed by atoms with Crippen molar-refractivity contribution in [2.75, 3.05) is 6.61 Å². The lowest BCUT2D eigenvalue weighted by Crippen LogP contribution is -2.28. The van der Waals surface area contributed by atoms with Crippen molar-refractivity contribution in [3.63, 3.8) is 0 Å². The van der Waals surface area contributed by atoms with Gasteiger partial charge < -0.3 is 14.5 Å². The maximum Gasteiger partial charge on any atom is 0.258 e. The molecule has 1 heterocycles. The number of aromatic nitrogens is 1. The van der Waals surface area contributed by atoms with Crippen molar-refractivity contribution in [3.8, 4) is 17.2 Å². The molecular weight excluding hydrogens is 388 g/mol. The van der Waals surface area contributed by atoms with E-state index in [0.29, 0.717) is 24.1 Å². The van der Waals surface area contributed by atoms with Gasteiger partial charge in [0.1, 0.15) is 11.3 Å². The molecule has 0 aliphatic rings. The third kappa shape index (κ3) is 5.12. The Labute approximate surface area is 182 Å². The van der Waals surface area contributed by atoms with Crippen LogP contribution in [-0.2, 0) is 11.3 Å². The summed E-state index contributed by atoms with van der Waals surface area (Å²) in [7, 11) is 0. The highest BCUT2D eigenvalue weighted by molar-refractivity contribution is 5.77. The van der Waals surface area contributed by atoms with E-state index >= 15 is 0 Å². The van der Waals surface area contributed by atoms with Gasteiger partial charge >= 0.3 is 0 Å². The standard InChI is InChI=1S/C26H26N2O3/c1-3-18(2)20-12-14-22(15-13-20)30-17-25(29)27-16-19-8-10-21(11-9-19)26-28-23-6-4-5-7-24(23)31-26/h4-15,18H,3,16-17H2,1-2H3,(H,27,29). The third-order valence-electron chi connectivity index (χ3n) is 5.42. The first-order chi connectivity index (χ1) is 15.1. The zero-order valence-corrected chi connectivity index (χ0v) is 17.8. The van der Waals surface area contributed by atoms with E-state index in [-0.39, 0.29) is 12.5 Å². The van der Waals surface area contributed by atoms with E-state index in [1.165, 1.54) is 5.56 Å². The van der Waals surface area contributed by atoms with Crippen LogP contribution in [0, 0.1) is 0 Å². The van der Waals surface area contributed by atoms with E-state index in [9.17, 15) is 4.79 Å². The van der Waals surface area contributed by atoms with Gasteiger partial charge in [-0.15, -0.1) is 0 Å². The first-order valence-corrected chi connectivity index (χ1v) is 10.6. The summed E-state index contributed by atoms with van der Waals surface area (Å²) in [5.74, 6) is 1.65. The molecule has 0 fully saturated rings. The summed E-state index contributed by atoms with van der Waals surface area (Å²) >= 11 is 0. The van der Waals surface area contributed by atoms with Crippen LogP contribution in [0.5, 0.6) is 5.75 Å². The number of rotatable bonds is 8. The van der Waals surface area contributed by atoms with Crippen LogP contribution in [0.3, 0.4) is 0 Å². The number of nitrogens with one attached hydrogen (secondary N) is 1. The molecule has 1 aromatic heterocycles. The van der Waals surface area contributed by atoms with E-state index in [1.807, 2.05) is 60.7 Å². The highest BCUT2D eigenvalue weighted by atomic mass is 16.5. The number of amides is 1. The fraction of sp³-hybridized carbons (Fsp3) is 0.231. The molecule has 0 aliphatic carbocycles. The molecule has 158 valence electrons. The smallest absolute Gasteiger partial charge is 0.258 e. The van der Waals surface area contributed by atoms with E-state index in [0.717, 1.165) is 28.6 Å². The van der Waals surface area contributed by atoms with Gasteiger partial charge in [-0.1, -0.05) is 50.2 Å². The van der Waals surface area contributed by atoms with E-state index in [4.69, 9.17) is 9.15 Å². The summed E-state index contributed by atoms with van der Waals surface area (Å²) in [6.45, 7) is 4.79. The van der Waals surface area contributed by atoms with Crippen molar-refractivity contribution in [2.24, 2.45) is 0 Å². The molecule has 1 atom stereocenters. The van der Waals surface area contributed by atoms with Gasteiger partial charge in [-0.25, -0.2) is 4.98 Å². The minimum Gasteiger partial charge on any atom is -0.484 e. The van der Waals surface area contributed by atoms with Crippen molar-refractivity contribution in [2.45, 2.75) is 32.7 Å². The molecule has 1 N–H and O–H groups in total. The van der Waals surface area contributed by atoms with Crippen LogP contribution in [0.25, 0.3) is 22.6 Å². The van der Waals surface area contributed by atoms with Crippen LogP contribution < -0.4 is 10.1 Å². The van der Waals surface area contributed by atoms with Gasteiger partial charge in [0.2, 0.25) is 5.89 Å². The number of oxazole rings is 1. The van der Waals surface area contributed by atoms with Crippen molar-refractivity contribution < 1.29 is 13.9 Å². The molecule has 3 aromatic carbocycles. The molecule has 0 aliphatic heterocycles. The Bertz CT molecular complexity index is 1110. The number of ether oxygens (including phenoxy) is 1. The number of hydrogen-bond acceptors (Lipinski definition) is 4. The number of carbonyl (C=O) groups excluding carboxylic acids is 1. The summed E-state index contributed by atoms with van der Waals surface area (Å²) in [5.41, 5.74) is 4.77. The summed E-state index contributed by atoms with van der Waals surface area (Å²) in [5, 5.41) is 2.89. The molecule has 5 nitrogen and oxygen atoms in total. The summed E-state index contributed by atoms with van der Waals surface area (Å²) < 4.78 is 11.4. The molecule has 4 rings (SSSR count). The number of hydrogen-bond donors (Lipinski definition) is 1. The maximum atomic E-state index is 12.1. The zero-order chi connectivity index (χ0) is 21.6. The van der Waals surface area contributed by atoms with Crippen LogP contribution in [0.2, 0.25) is 0 Å². The monoisotopic (exact) mass is 414 g/mol. The van der Waals surface area contributed by atoms with E-state index in [1.54, 1.807) is 0 Å². The average Bonchev–Trinajstić information content (AvgIpc) is 3.26. The Morgan fingerprint density at radius 2 is 1.77 bits per heavy atom. The van der Waals surface area contributed by atoms with Gasteiger partial charge in [-0.05, 0) is 59.9 Å². The summed E-state index contributed by atoms with van der Waals surface area (Å²) in [6, 6.07) is 23.4. The molecule has 4 aromatic rings. The van der Waals surface area contributed by atoms with Crippen LogP contribution in [0.4, 0.5) is 0 Å². The second kappa shape index (κ2) is 9.47. The maximum absolute atomic E-state index is 12.1. The fourth-order valence-electron chi connectivity index (χ4n) is 3.29. The quantitative estimate of drug-likeness (QED) is 0.401. The predicted octanol–water partition coefficient (Wildman–Crippen LogP) is 5.70. The molecule has 1 unspecified atom stereocenters. The van der Waals surface area contributed by atoms with Crippen molar-refractivity contribution in [1.82, 2.24) is 10.3 Å². The fourth-order valence-corrected chi connectivity index (χ4v) is 3.29. The van der Waals surface area contributed by atoms with E-state index in [2.05, 4.69) is 36.3 Å². The number of benzene rings is 3. The largest absolute Gasteiger partial charge is 0.484 e. The minimum atomic E-state index is -0.158. The lowest BCUT2D eigenvalue weighted by Gasteiger charge is -2.11. The third-order valence-corrected chi connectivity index (χ3v) is 5.42. The molecule has 0 saturated carbocycles. The van der Waals surface area contributed by atoms with Crippen LogP contribution in [0.1, 0.15) is 37.3 Å². The Hall–Kier alpha value is -3.60. The van der Waals surface area contributed by atoms with Gasteiger partial charge in [0.05, 0.1) is 0 Å². The molecule has 0 spiro atoms. The number of para-hydroxylation sites is 2. The van der Waals surface area contributed by atoms with Crippen LogP contribution >= 0.6 is 0 Å². The first-order valence-electron chi connectivity index (χ1n) is 10.6. The molecular formula is C26H26N2O3. The SMILES string of the molecule is CCC(C)c1ccc(OCC(=O)NCc2ccc(-c3nc4ccccc4o3)cc2)cc1. The minimum absolute atomic E-state index is 0.0103. The molecule has 0 radical (unpaired) electrons. The van der Waals surface area contributed by atoms with Gasteiger partial charge in [0.25, 0.3) is 5.91 Å². The Balaban J connectivity index is 1.27. The average molecular weight is 415 g/mol. The van der Waals surface area contributed by atoms with Gasteiger partial charge in [-0.2, -0.15) is 0 Å². The van der Waals surface area contributed by atoms with E-state index < -0.39 is 0 Å². The number of fused-ring (bicyclic) bond motifs is 1. The van der Waals surface area contributed by atoms with Crippen molar-refractivity contribution >= 4 is 17.0 Å². The second-order valence-corrected chi connectivity index (χ2v) is 7.63. The van der Waals surface area contributed by atoms with Gasteiger partial charge in [-0.3, -0.25) is 4.79 Å². The highest BCUT2D eigenvalue weighted by Gasteiger charge is 2.09. The van der Waals surface area contributed by atoms with Gasteiger partial charge in [0, 0.05) is 12.1 Å². The van der Waals surface area contributed by atoms with Crippen molar-refractivity contribution in [3.05, 3.63) is 83.9 Å². The van der Waals surface area contributed by atoms with Gasteiger partial charge in [0.15, 0.2) is 12.2 Å². The molecule has 0 bridgehead atoms. The lowest BCUT2D eigenvalue weighted by atomic mass is 9.99. The molecule has 31 heavy (non-hydrogen) atoms. The second-order valence-electron chi connectivity index (χ2n) is 7.63. The van der Waals surface area contributed by atoms with Crippen LogP contribution in [0.15, 0.2) is 77.2 Å². The molecule has 0 saturated heterocycles. The Kier molecular flexibility index (Phi) is 6.32. The zero-order valence-electron chi connectivity index (χ0n) is 17.8. The van der Waals surface area contributed by atoms with Crippen LogP contribution in [-0.4, -0.2) is 17.5 Å². The molecule has 5 heteroatoms. The predicted molar refractivity (Wildman–Crippen MR) is 122 cm³/mol. The molecule has 1 amide bonds. The highest BCUT2D eigenvalue weighted by Crippen LogP contribution is 2.24. The Morgan fingerprint density at radius 3 is 2.48 bits per heavy atom. The number of nitrogens with zero attached hydrogens (tertiary/aromatic N) is 1. The summed E-state index contributed by atoms with van der Waals surface area (Å²) in [4.78, 5) is 16.6. The normalized spacial score (nSPS) is 11.9. The lowest BCUT2D eigenvalue weighted by molar-refractivity contribution is -0.123. The number of carbonyl (C=O) groups is 1. The van der Waals surface area contributed by atoms with Crippen molar-refractivity contribution in [1.29, 1.82) is 0 Å². The first kappa shape index (κ1) is 20.7. The summed E-state index contributed by atoms with van der Waals surface area (Å²) in [6.07, 6.45) is 1.10. The Morgan fingerprint density at radius 1 is 1.03 bits per heavy atom.